The largest absolute Gasteiger partial charge is 0.494 e. The standard InChI is InChI=1S/C26H36N4O5/c1-4-23(19-8-5-6-9-19)30(17(2)35-18(3)31)25(33)10-7-13-34-21-11-12-22-20(14-21)15-29-16-24(32)28-26(29)27-22/h11-12,14,17,19,23H,4-10,13,15-16H2,1-3H3,(H,27,28,32). The summed E-state index contributed by atoms with van der Waals surface area (Å²) in [4.78, 5) is 44.7. The van der Waals surface area contributed by atoms with Gasteiger partial charge in [-0.1, -0.05) is 19.8 Å². The van der Waals surface area contributed by atoms with Gasteiger partial charge in [0.05, 0.1) is 12.3 Å². The third-order valence-electron chi connectivity index (χ3n) is 7.06. The van der Waals surface area contributed by atoms with Crippen LogP contribution in [-0.4, -0.2) is 59.0 Å². The molecule has 9 nitrogen and oxygen atoms in total. The molecule has 2 fully saturated rings. The van der Waals surface area contributed by atoms with E-state index in [1.807, 2.05) is 23.1 Å². The SMILES string of the molecule is CCC(C1CCCC1)N(C(=O)CCCOc1ccc2c(c1)CN1CC(=O)NC1=N2)C(C)OC(C)=O. The van der Waals surface area contributed by atoms with Gasteiger partial charge in [-0.15, -0.1) is 0 Å². The Morgan fingerprint density at radius 1 is 1.26 bits per heavy atom. The first-order valence-electron chi connectivity index (χ1n) is 12.7. The maximum atomic E-state index is 13.3. The molecule has 2 atom stereocenters. The van der Waals surface area contributed by atoms with Gasteiger partial charge in [-0.25, -0.2) is 4.99 Å². The van der Waals surface area contributed by atoms with Gasteiger partial charge in [-0.05, 0) is 56.7 Å². The number of guanidine groups is 1. The molecule has 1 saturated heterocycles. The van der Waals surface area contributed by atoms with Crippen LogP contribution in [-0.2, 0) is 25.7 Å². The van der Waals surface area contributed by atoms with Gasteiger partial charge in [0.2, 0.25) is 17.8 Å². The van der Waals surface area contributed by atoms with Crippen molar-refractivity contribution in [3.05, 3.63) is 23.8 Å². The van der Waals surface area contributed by atoms with E-state index < -0.39 is 6.23 Å². The number of ether oxygens (including phenoxy) is 2. The summed E-state index contributed by atoms with van der Waals surface area (Å²) in [6.07, 6.45) is 5.77. The summed E-state index contributed by atoms with van der Waals surface area (Å²) in [5.41, 5.74) is 1.83. The Hall–Kier alpha value is -3.10. The molecule has 1 saturated carbocycles. The van der Waals surface area contributed by atoms with Crippen molar-refractivity contribution in [1.29, 1.82) is 0 Å². The number of hydrogen-bond acceptors (Lipinski definition) is 7. The molecule has 9 heteroatoms. The topological polar surface area (TPSA) is 101 Å². The van der Waals surface area contributed by atoms with Crippen molar-refractivity contribution in [3.8, 4) is 5.75 Å². The zero-order valence-corrected chi connectivity index (χ0v) is 20.9. The molecule has 2 unspecified atom stereocenters. The summed E-state index contributed by atoms with van der Waals surface area (Å²) in [6.45, 7) is 6.59. The molecular formula is C26H36N4O5. The Morgan fingerprint density at radius 3 is 2.74 bits per heavy atom. The van der Waals surface area contributed by atoms with Crippen molar-refractivity contribution in [2.75, 3.05) is 13.2 Å². The second-order valence-corrected chi connectivity index (χ2v) is 9.61. The molecule has 190 valence electrons. The van der Waals surface area contributed by atoms with Gasteiger partial charge in [-0.3, -0.25) is 19.7 Å². The first-order chi connectivity index (χ1) is 16.9. The minimum atomic E-state index is -0.579. The van der Waals surface area contributed by atoms with Crippen LogP contribution in [0, 0.1) is 5.92 Å². The lowest BCUT2D eigenvalue weighted by Crippen LogP contribution is -2.50. The van der Waals surface area contributed by atoms with E-state index >= 15 is 0 Å². The van der Waals surface area contributed by atoms with Crippen molar-refractivity contribution in [3.63, 3.8) is 0 Å². The number of benzene rings is 1. The number of carbonyl (C=O) groups is 3. The van der Waals surface area contributed by atoms with E-state index in [1.54, 1.807) is 11.8 Å². The third kappa shape index (κ3) is 5.94. The highest BCUT2D eigenvalue weighted by Crippen LogP contribution is 2.34. The number of rotatable bonds is 10. The van der Waals surface area contributed by atoms with E-state index in [1.165, 1.54) is 19.8 Å². The predicted molar refractivity (Wildman–Crippen MR) is 131 cm³/mol. The molecule has 0 bridgehead atoms. The summed E-state index contributed by atoms with van der Waals surface area (Å²) in [6, 6.07) is 5.78. The van der Waals surface area contributed by atoms with E-state index in [4.69, 9.17) is 9.47 Å². The van der Waals surface area contributed by atoms with E-state index in [0.717, 1.165) is 36.3 Å². The minimum absolute atomic E-state index is 0.000363. The molecule has 1 aromatic carbocycles. The first kappa shape index (κ1) is 25.0. The van der Waals surface area contributed by atoms with Gasteiger partial charge in [0, 0.05) is 31.5 Å². The molecule has 0 radical (unpaired) electrons. The quantitative estimate of drug-likeness (QED) is 0.310. The fourth-order valence-corrected chi connectivity index (χ4v) is 5.52. The normalized spacial score (nSPS) is 18.8. The van der Waals surface area contributed by atoms with Crippen LogP contribution in [0.2, 0.25) is 0 Å². The molecule has 4 rings (SSSR count). The van der Waals surface area contributed by atoms with E-state index in [9.17, 15) is 14.4 Å². The van der Waals surface area contributed by atoms with Crippen LogP contribution in [0.1, 0.15) is 71.3 Å². The van der Waals surface area contributed by atoms with Crippen molar-refractivity contribution in [2.24, 2.45) is 10.9 Å². The summed E-state index contributed by atoms with van der Waals surface area (Å²) in [7, 11) is 0. The Labute approximate surface area is 206 Å². The summed E-state index contributed by atoms with van der Waals surface area (Å²) >= 11 is 0. The maximum Gasteiger partial charge on any atom is 0.304 e. The lowest BCUT2D eigenvalue weighted by Gasteiger charge is -2.38. The molecule has 1 aromatic rings. The second-order valence-electron chi connectivity index (χ2n) is 9.61. The Balaban J connectivity index is 1.33. The van der Waals surface area contributed by atoms with Crippen LogP contribution >= 0.6 is 0 Å². The molecule has 0 spiro atoms. The fraction of sp³-hybridized carbons (Fsp3) is 0.615. The number of aliphatic imine (C=N–C) groups is 1. The molecular weight excluding hydrogens is 448 g/mol. The zero-order chi connectivity index (χ0) is 24.9. The van der Waals surface area contributed by atoms with Crippen LogP contribution in [0.5, 0.6) is 5.75 Å². The predicted octanol–water partition coefficient (Wildman–Crippen LogP) is 3.49. The Kier molecular flexibility index (Phi) is 7.93. The van der Waals surface area contributed by atoms with Crippen LogP contribution in [0.25, 0.3) is 0 Å². The van der Waals surface area contributed by atoms with Crippen LogP contribution in [0.15, 0.2) is 23.2 Å². The summed E-state index contributed by atoms with van der Waals surface area (Å²) < 4.78 is 11.4. The molecule has 1 N–H and O–H groups in total. The lowest BCUT2D eigenvalue weighted by atomic mass is 9.93. The van der Waals surface area contributed by atoms with Crippen molar-refractivity contribution in [1.82, 2.24) is 15.1 Å². The van der Waals surface area contributed by atoms with Crippen molar-refractivity contribution >= 4 is 29.4 Å². The zero-order valence-electron chi connectivity index (χ0n) is 20.9. The average molecular weight is 485 g/mol. The molecule has 2 aliphatic heterocycles. The highest BCUT2D eigenvalue weighted by Gasteiger charge is 2.35. The number of nitrogens with one attached hydrogen (secondary N) is 1. The highest BCUT2D eigenvalue weighted by atomic mass is 16.6. The van der Waals surface area contributed by atoms with Crippen molar-refractivity contribution in [2.45, 2.75) is 84.5 Å². The highest BCUT2D eigenvalue weighted by molar-refractivity contribution is 6.05. The fourth-order valence-electron chi connectivity index (χ4n) is 5.52. The first-order valence-corrected chi connectivity index (χ1v) is 12.7. The Morgan fingerprint density at radius 2 is 2.03 bits per heavy atom. The average Bonchev–Trinajstić information content (AvgIpc) is 3.46. The molecule has 2 amide bonds. The van der Waals surface area contributed by atoms with Gasteiger partial charge < -0.3 is 19.3 Å². The number of amides is 2. The van der Waals surface area contributed by atoms with Crippen LogP contribution in [0.4, 0.5) is 5.69 Å². The number of nitrogens with zero attached hydrogens (tertiary/aromatic N) is 3. The van der Waals surface area contributed by atoms with Gasteiger partial charge >= 0.3 is 5.97 Å². The summed E-state index contributed by atoms with van der Waals surface area (Å²) in [5.74, 6) is 1.35. The molecule has 1 aliphatic carbocycles. The third-order valence-corrected chi connectivity index (χ3v) is 7.06. The smallest absolute Gasteiger partial charge is 0.304 e. The number of esters is 1. The number of carbonyl (C=O) groups excluding carboxylic acids is 3. The molecule has 3 aliphatic rings. The van der Waals surface area contributed by atoms with Crippen molar-refractivity contribution < 1.29 is 23.9 Å². The lowest BCUT2D eigenvalue weighted by molar-refractivity contribution is -0.166. The number of hydrogen-bond donors (Lipinski definition) is 1. The van der Waals surface area contributed by atoms with E-state index in [0.29, 0.717) is 44.4 Å². The maximum absolute atomic E-state index is 13.3. The summed E-state index contributed by atoms with van der Waals surface area (Å²) in [5, 5.41) is 2.76. The van der Waals surface area contributed by atoms with Crippen LogP contribution in [0.3, 0.4) is 0 Å². The Bertz CT molecular complexity index is 988. The minimum Gasteiger partial charge on any atom is -0.494 e. The van der Waals surface area contributed by atoms with Gasteiger partial charge in [0.15, 0.2) is 6.23 Å². The monoisotopic (exact) mass is 484 g/mol. The van der Waals surface area contributed by atoms with Crippen LogP contribution < -0.4 is 10.1 Å². The number of fused-ring (bicyclic) bond motifs is 2. The van der Waals surface area contributed by atoms with Gasteiger partial charge in [-0.2, -0.15) is 0 Å². The van der Waals surface area contributed by atoms with E-state index in [-0.39, 0.29) is 23.8 Å². The second kappa shape index (κ2) is 11.1. The molecule has 0 aromatic heterocycles. The molecule has 35 heavy (non-hydrogen) atoms. The molecule has 2 heterocycles. The van der Waals surface area contributed by atoms with Gasteiger partial charge in [0.25, 0.3) is 0 Å². The van der Waals surface area contributed by atoms with Gasteiger partial charge in [0.1, 0.15) is 12.3 Å². The van der Waals surface area contributed by atoms with E-state index in [2.05, 4.69) is 17.2 Å².